The summed E-state index contributed by atoms with van der Waals surface area (Å²) in [4.78, 5) is 30.1. The maximum Gasteiger partial charge on any atom is 0.335 e. The number of hydrogen-bond acceptors (Lipinski definition) is 7. The van der Waals surface area contributed by atoms with Crippen molar-refractivity contribution in [3.05, 3.63) is 68.7 Å². The predicted octanol–water partition coefficient (Wildman–Crippen LogP) is 3.03. The fourth-order valence-electron chi connectivity index (χ4n) is 2.72. The molecule has 0 fully saturated rings. The van der Waals surface area contributed by atoms with Gasteiger partial charge in [0.05, 0.1) is 23.5 Å². The van der Waals surface area contributed by atoms with Crippen molar-refractivity contribution in [2.24, 2.45) is 4.99 Å². The molecule has 0 spiro atoms. The maximum atomic E-state index is 12.3. The van der Waals surface area contributed by atoms with E-state index in [1.54, 1.807) is 24.3 Å². The van der Waals surface area contributed by atoms with Gasteiger partial charge in [0, 0.05) is 11.9 Å². The van der Waals surface area contributed by atoms with Crippen molar-refractivity contribution < 1.29 is 19.7 Å². The highest BCUT2D eigenvalue weighted by atomic mass is 32.1. The topological polar surface area (TPSA) is 143 Å². The minimum atomic E-state index is -1.16. The number of carboxylic acids is 1. The van der Waals surface area contributed by atoms with Crippen molar-refractivity contribution in [2.75, 3.05) is 12.3 Å². The molecule has 0 radical (unpaired) electrons. The van der Waals surface area contributed by atoms with Crippen LogP contribution in [0.3, 0.4) is 0 Å². The van der Waals surface area contributed by atoms with Gasteiger partial charge < -0.3 is 20.7 Å². The van der Waals surface area contributed by atoms with Crippen LogP contribution >= 0.6 is 12.2 Å². The minimum Gasteiger partial charge on any atom is -0.494 e. The first kappa shape index (κ1) is 20.8. The molecule has 3 aromatic rings. The molecule has 1 aromatic heterocycles. The van der Waals surface area contributed by atoms with Gasteiger partial charge in [-0.15, -0.1) is 0 Å². The predicted molar refractivity (Wildman–Crippen MR) is 115 cm³/mol. The van der Waals surface area contributed by atoms with Gasteiger partial charge in [-0.05, 0) is 61.6 Å². The lowest BCUT2D eigenvalue weighted by molar-refractivity contribution is 0.0697. The number of rotatable bonds is 6. The highest BCUT2D eigenvalue weighted by Gasteiger charge is 2.13. The van der Waals surface area contributed by atoms with Crippen LogP contribution in [0.2, 0.25) is 0 Å². The lowest BCUT2D eigenvalue weighted by atomic mass is 10.2. The number of aromatic carboxylic acids is 1. The van der Waals surface area contributed by atoms with E-state index in [-0.39, 0.29) is 27.3 Å². The monoisotopic (exact) mass is 426 g/mol. The molecular formula is C20H18N4O5S. The molecule has 0 saturated carbocycles. The van der Waals surface area contributed by atoms with E-state index in [0.717, 1.165) is 6.21 Å². The van der Waals surface area contributed by atoms with E-state index in [1.807, 2.05) is 6.92 Å². The summed E-state index contributed by atoms with van der Waals surface area (Å²) in [6, 6.07) is 10.8. The summed E-state index contributed by atoms with van der Waals surface area (Å²) in [6.45, 7) is 2.38. The number of aromatic nitrogens is 2. The SMILES string of the molecule is CCOc1ccc(-n2c(O)c(C=Nc3cc(N)cc(C(=O)O)c3)c(=O)[nH]c2=S)cc1. The zero-order valence-electron chi connectivity index (χ0n) is 15.8. The van der Waals surface area contributed by atoms with Crippen LogP contribution in [0.15, 0.2) is 52.3 Å². The van der Waals surface area contributed by atoms with Crippen molar-refractivity contribution in [1.82, 2.24) is 9.55 Å². The Morgan fingerprint density at radius 1 is 1.30 bits per heavy atom. The molecule has 0 unspecified atom stereocenters. The Morgan fingerprint density at radius 2 is 2.00 bits per heavy atom. The molecule has 30 heavy (non-hydrogen) atoms. The van der Waals surface area contributed by atoms with Gasteiger partial charge in [0.2, 0.25) is 5.88 Å². The zero-order valence-corrected chi connectivity index (χ0v) is 16.6. The van der Waals surface area contributed by atoms with Gasteiger partial charge >= 0.3 is 5.97 Å². The Labute approximate surface area is 175 Å². The van der Waals surface area contributed by atoms with Gasteiger partial charge in [-0.25, -0.2) is 4.79 Å². The first-order valence-electron chi connectivity index (χ1n) is 8.79. The Hall–Kier alpha value is -3.92. The number of aromatic hydroxyl groups is 1. The Morgan fingerprint density at radius 3 is 2.63 bits per heavy atom. The molecule has 0 bridgehead atoms. The van der Waals surface area contributed by atoms with Gasteiger partial charge in [0.15, 0.2) is 4.77 Å². The molecule has 0 atom stereocenters. The van der Waals surface area contributed by atoms with Gasteiger partial charge in [-0.3, -0.25) is 19.3 Å². The fraction of sp³-hybridized carbons (Fsp3) is 0.100. The molecule has 0 aliphatic heterocycles. The van der Waals surface area contributed by atoms with E-state index >= 15 is 0 Å². The molecule has 0 amide bonds. The van der Waals surface area contributed by atoms with Crippen LogP contribution in [0.25, 0.3) is 5.69 Å². The lowest BCUT2D eigenvalue weighted by Crippen LogP contribution is -2.18. The van der Waals surface area contributed by atoms with E-state index < -0.39 is 17.4 Å². The average molecular weight is 426 g/mol. The lowest BCUT2D eigenvalue weighted by Gasteiger charge is -2.12. The number of anilines is 1. The van der Waals surface area contributed by atoms with Crippen molar-refractivity contribution in [2.45, 2.75) is 6.92 Å². The molecule has 2 aromatic carbocycles. The highest BCUT2D eigenvalue weighted by molar-refractivity contribution is 7.71. The van der Waals surface area contributed by atoms with Crippen LogP contribution < -0.4 is 16.0 Å². The summed E-state index contributed by atoms with van der Waals surface area (Å²) < 4.78 is 6.66. The number of nitrogens with two attached hydrogens (primary N) is 1. The maximum absolute atomic E-state index is 12.3. The summed E-state index contributed by atoms with van der Waals surface area (Å²) in [7, 11) is 0. The summed E-state index contributed by atoms with van der Waals surface area (Å²) in [5.74, 6) is -0.934. The van der Waals surface area contributed by atoms with Crippen LogP contribution in [0.4, 0.5) is 11.4 Å². The third kappa shape index (κ3) is 4.39. The molecular weight excluding hydrogens is 408 g/mol. The number of nitrogens with one attached hydrogen (secondary N) is 1. The second-order valence-electron chi connectivity index (χ2n) is 6.14. The molecule has 1 heterocycles. The molecule has 154 valence electrons. The Kier molecular flexibility index (Phi) is 5.98. The number of aromatic amines is 1. The van der Waals surface area contributed by atoms with Gasteiger partial charge in [0.1, 0.15) is 11.3 Å². The van der Waals surface area contributed by atoms with Crippen LogP contribution in [0, 0.1) is 4.77 Å². The van der Waals surface area contributed by atoms with E-state index in [2.05, 4.69) is 9.98 Å². The van der Waals surface area contributed by atoms with Crippen LogP contribution in [-0.2, 0) is 0 Å². The van der Waals surface area contributed by atoms with Crippen molar-refractivity contribution in [3.8, 4) is 17.3 Å². The summed E-state index contributed by atoms with van der Waals surface area (Å²) in [5.41, 5.74) is 5.76. The van der Waals surface area contributed by atoms with E-state index in [0.29, 0.717) is 18.0 Å². The quantitative estimate of drug-likeness (QED) is 0.269. The third-order valence-electron chi connectivity index (χ3n) is 4.06. The van der Waals surface area contributed by atoms with Crippen LogP contribution in [0.5, 0.6) is 11.6 Å². The first-order valence-corrected chi connectivity index (χ1v) is 9.20. The minimum absolute atomic E-state index is 0.00377. The highest BCUT2D eigenvalue weighted by Crippen LogP contribution is 2.23. The standard InChI is InChI=1S/C20H18N4O5S/c1-2-29-15-5-3-14(4-6-15)24-18(26)16(17(25)23-20(24)30)10-22-13-8-11(19(27)28)7-12(21)9-13/h3-10,26H,2,21H2,1H3,(H,27,28)(H,23,25,30). The fourth-order valence-corrected chi connectivity index (χ4v) is 3.01. The second kappa shape index (κ2) is 8.62. The Balaban J connectivity index is 2.06. The van der Waals surface area contributed by atoms with Gasteiger partial charge in [-0.2, -0.15) is 0 Å². The van der Waals surface area contributed by atoms with E-state index in [1.165, 1.54) is 22.8 Å². The molecule has 5 N–H and O–H groups in total. The number of nitrogens with zero attached hydrogens (tertiary/aromatic N) is 2. The third-order valence-corrected chi connectivity index (χ3v) is 4.34. The van der Waals surface area contributed by atoms with E-state index in [9.17, 15) is 14.7 Å². The Bertz CT molecular complexity index is 1250. The van der Waals surface area contributed by atoms with Gasteiger partial charge in [-0.1, -0.05) is 0 Å². The number of hydrogen-bond donors (Lipinski definition) is 4. The number of nitrogen functional groups attached to an aromatic ring is 1. The number of benzene rings is 2. The smallest absolute Gasteiger partial charge is 0.335 e. The summed E-state index contributed by atoms with van der Waals surface area (Å²) >= 11 is 5.18. The van der Waals surface area contributed by atoms with Gasteiger partial charge in [0.25, 0.3) is 5.56 Å². The van der Waals surface area contributed by atoms with Crippen LogP contribution in [0.1, 0.15) is 22.8 Å². The molecule has 0 aliphatic rings. The average Bonchev–Trinajstić information content (AvgIpc) is 2.68. The summed E-state index contributed by atoms with van der Waals surface area (Å²) in [5, 5.41) is 19.8. The molecule has 0 aliphatic carbocycles. The largest absolute Gasteiger partial charge is 0.494 e. The van der Waals surface area contributed by atoms with Crippen molar-refractivity contribution in [3.63, 3.8) is 0 Å². The number of aliphatic imine (C=N–C) groups is 1. The second-order valence-corrected chi connectivity index (χ2v) is 6.52. The number of carbonyl (C=O) groups is 1. The summed E-state index contributed by atoms with van der Waals surface area (Å²) in [6.07, 6.45) is 1.12. The molecule has 10 heteroatoms. The van der Waals surface area contributed by atoms with Crippen molar-refractivity contribution in [1.29, 1.82) is 0 Å². The van der Waals surface area contributed by atoms with Crippen molar-refractivity contribution >= 4 is 35.8 Å². The normalized spacial score (nSPS) is 11.0. The molecule has 3 rings (SSSR count). The molecule has 9 nitrogen and oxygen atoms in total. The molecule has 0 saturated heterocycles. The zero-order chi connectivity index (χ0) is 21.8. The number of carboxylic acid groups (broad SMARTS) is 1. The van der Waals surface area contributed by atoms with E-state index in [4.69, 9.17) is 27.8 Å². The first-order chi connectivity index (χ1) is 14.3. The number of H-pyrrole nitrogens is 1. The van der Waals surface area contributed by atoms with Crippen LogP contribution in [-0.4, -0.2) is 38.6 Å². The number of ether oxygens (including phenoxy) is 1.